The maximum absolute atomic E-state index is 13.5. The summed E-state index contributed by atoms with van der Waals surface area (Å²) in [7, 11) is 0. The molecule has 2 heterocycles. The van der Waals surface area contributed by atoms with Gasteiger partial charge in [0, 0.05) is 18.1 Å². The van der Waals surface area contributed by atoms with Gasteiger partial charge in [-0.1, -0.05) is 29.8 Å². The maximum atomic E-state index is 13.5. The number of ether oxygens (including phenoxy) is 2. The van der Waals surface area contributed by atoms with Crippen molar-refractivity contribution in [3.05, 3.63) is 78.7 Å². The summed E-state index contributed by atoms with van der Waals surface area (Å²) in [5.41, 5.74) is 0.773. The van der Waals surface area contributed by atoms with Crippen molar-refractivity contribution in [1.82, 2.24) is 9.47 Å². The first-order valence-corrected chi connectivity index (χ1v) is 12.0. The Balaban J connectivity index is 1.96. The number of amides is 1. The number of nitriles is 1. The zero-order valence-electron chi connectivity index (χ0n) is 18.5. The van der Waals surface area contributed by atoms with Crippen LogP contribution in [-0.2, 0) is 9.53 Å². The summed E-state index contributed by atoms with van der Waals surface area (Å²) in [6.07, 6.45) is 1.68. The molecule has 1 aliphatic rings. The van der Waals surface area contributed by atoms with Crippen molar-refractivity contribution in [3.8, 4) is 17.5 Å². The summed E-state index contributed by atoms with van der Waals surface area (Å²) in [5.74, 6) is 0.240. The van der Waals surface area contributed by atoms with E-state index < -0.39 is 5.91 Å². The minimum atomic E-state index is -0.420. The monoisotopic (exact) mass is 495 g/mol. The molecule has 1 fully saturated rings. The highest BCUT2D eigenvalue weighted by Gasteiger charge is 2.24. The number of hydrogen-bond donors (Lipinski definition) is 0. The van der Waals surface area contributed by atoms with Crippen LogP contribution in [0.3, 0.4) is 0 Å². The quantitative estimate of drug-likeness (QED) is 0.542. The van der Waals surface area contributed by atoms with Gasteiger partial charge < -0.3 is 14.4 Å². The highest BCUT2D eigenvalue weighted by Crippen LogP contribution is 2.16. The Kier molecular flexibility index (Phi) is 7.48. The number of rotatable bonds is 5. The van der Waals surface area contributed by atoms with Crippen molar-refractivity contribution < 1.29 is 14.3 Å². The van der Waals surface area contributed by atoms with Crippen molar-refractivity contribution in [2.45, 2.75) is 6.92 Å². The molecule has 9 heteroatoms. The fourth-order valence-electron chi connectivity index (χ4n) is 3.59. The molecule has 0 spiro atoms. The highest BCUT2D eigenvalue weighted by molar-refractivity contribution is 7.07. The summed E-state index contributed by atoms with van der Waals surface area (Å²) >= 11 is 7.39. The van der Waals surface area contributed by atoms with Crippen LogP contribution in [0.2, 0.25) is 5.02 Å². The number of benzene rings is 2. The number of halogens is 1. The number of hydrogen-bond acceptors (Lipinski definition) is 6. The van der Waals surface area contributed by atoms with E-state index in [1.807, 2.05) is 19.1 Å². The third-order valence-corrected chi connectivity index (χ3v) is 6.70. The van der Waals surface area contributed by atoms with E-state index in [0.717, 1.165) is 11.3 Å². The molecule has 1 aromatic heterocycles. The molecule has 174 valence electrons. The molecule has 0 aliphatic carbocycles. The number of nitrogens with zero attached hydrogens (tertiary/aromatic N) is 3. The maximum Gasteiger partial charge on any atom is 0.273 e. The van der Waals surface area contributed by atoms with Gasteiger partial charge in [0.2, 0.25) is 0 Å². The van der Waals surface area contributed by atoms with Gasteiger partial charge in [-0.25, -0.2) is 0 Å². The number of aromatic nitrogens is 1. The minimum absolute atomic E-state index is 0.0864. The number of carbonyl (C=O) groups is 1. The Morgan fingerprint density at radius 2 is 1.91 bits per heavy atom. The second-order valence-electron chi connectivity index (χ2n) is 7.40. The smallest absolute Gasteiger partial charge is 0.273 e. The van der Waals surface area contributed by atoms with E-state index in [-0.39, 0.29) is 15.8 Å². The van der Waals surface area contributed by atoms with Gasteiger partial charge in [0.15, 0.2) is 5.57 Å². The first-order valence-electron chi connectivity index (χ1n) is 10.8. The first kappa shape index (κ1) is 23.8. The van der Waals surface area contributed by atoms with Crippen molar-refractivity contribution in [2.75, 3.05) is 32.9 Å². The van der Waals surface area contributed by atoms with Gasteiger partial charge in [-0.15, -0.1) is 11.3 Å². The SMILES string of the molecule is CCOc1ccc(-n2c(=O)/c(=C\c3ccccc3Cl)s/c2=C(/C#N)C(=O)N2CCOCC2)cc1. The zero-order chi connectivity index (χ0) is 24.1. The van der Waals surface area contributed by atoms with Gasteiger partial charge in [-0.3, -0.25) is 14.2 Å². The molecule has 0 bridgehead atoms. The Morgan fingerprint density at radius 1 is 1.21 bits per heavy atom. The summed E-state index contributed by atoms with van der Waals surface area (Å²) < 4.78 is 12.9. The van der Waals surface area contributed by atoms with E-state index in [9.17, 15) is 14.9 Å². The molecular weight excluding hydrogens is 474 g/mol. The Morgan fingerprint density at radius 3 is 2.56 bits per heavy atom. The van der Waals surface area contributed by atoms with Gasteiger partial charge in [-0.05, 0) is 48.9 Å². The molecule has 0 atom stereocenters. The van der Waals surface area contributed by atoms with Gasteiger partial charge >= 0.3 is 0 Å². The van der Waals surface area contributed by atoms with Crippen molar-refractivity contribution >= 4 is 40.5 Å². The molecule has 0 N–H and O–H groups in total. The molecule has 3 aromatic rings. The third-order valence-electron chi connectivity index (χ3n) is 5.26. The minimum Gasteiger partial charge on any atom is -0.494 e. The summed E-state index contributed by atoms with van der Waals surface area (Å²) in [6.45, 7) is 4.00. The molecule has 34 heavy (non-hydrogen) atoms. The van der Waals surface area contributed by atoms with Crippen LogP contribution in [0.1, 0.15) is 12.5 Å². The molecule has 2 aromatic carbocycles. The van der Waals surface area contributed by atoms with Crippen LogP contribution >= 0.6 is 22.9 Å². The molecule has 0 radical (unpaired) electrons. The normalized spacial score (nSPS) is 15.1. The third kappa shape index (κ3) is 4.92. The highest BCUT2D eigenvalue weighted by atomic mass is 35.5. The second kappa shape index (κ2) is 10.7. The van der Waals surface area contributed by atoms with Crippen LogP contribution in [-0.4, -0.2) is 48.3 Å². The standard InChI is InChI=1S/C25H22ClN3O4S/c1-2-33-19-9-7-18(8-10-19)29-24(31)22(15-17-5-3-4-6-21(17)26)34-25(29)20(16-27)23(30)28-11-13-32-14-12-28/h3-10,15H,2,11-14H2,1H3/b22-15+,25-20-. The number of thiazole rings is 1. The molecule has 0 unspecified atom stereocenters. The van der Waals surface area contributed by atoms with Crippen molar-refractivity contribution in [1.29, 1.82) is 5.26 Å². The fraction of sp³-hybridized carbons (Fsp3) is 0.240. The predicted molar refractivity (Wildman–Crippen MR) is 132 cm³/mol. The Bertz CT molecular complexity index is 1410. The van der Waals surface area contributed by atoms with Crippen molar-refractivity contribution in [2.24, 2.45) is 0 Å². The molecule has 0 saturated carbocycles. The zero-order valence-corrected chi connectivity index (χ0v) is 20.1. The van der Waals surface area contributed by atoms with E-state index in [4.69, 9.17) is 21.1 Å². The largest absolute Gasteiger partial charge is 0.494 e. The lowest BCUT2D eigenvalue weighted by Crippen LogP contribution is -2.42. The average Bonchev–Trinajstić information content (AvgIpc) is 3.17. The lowest BCUT2D eigenvalue weighted by Gasteiger charge is -2.26. The molecule has 4 rings (SSSR count). The van der Waals surface area contributed by atoms with Gasteiger partial charge in [-0.2, -0.15) is 5.26 Å². The van der Waals surface area contributed by atoms with Crippen LogP contribution in [0.15, 0.2) is 53.3 Å². The molecule has 1 aliphatic heterocycles. The first-order chi connectivity index (χ1) is 16.5. The topological polar surface area (TPSA) is 84.6 Å². The summed E-state index contributed by atoms with van der Waals surface area (Å²) in [6, 6.07) is 16.2. The summed E-state index contributed by atoms with van der Waals surface area (Å²) in [4.78, 5) is 28.3. The Labute approximate surface area is 205 Å². The van der Waals surface area contributed by atoms with Crippen LogP contribution in [0.4, 0.5) is 0 Å². The summed E-state index contributed by atoms with van der Waals surface area (Å²) in [5, 5.41) is 10.5. The Hall–Kier alpha value is -3.38. The van der Waals surface area contributed by atoms with E-state index in [0.29, 0.717) is 59.5 Å². The van der Waals surface area contributed by atoms with Crippen LogP contribution in [0.5, 0.6) is 5.75 Å². The van der Waals surface area contributed by atoms with Gasteiger partial charge in [0.05, 0.1) is 30.0 Å². The molecule has 1 amide bonds. The average molecular weight is 496 g/mol. The molecular formula is C25H22ClN3O4S. The van der Waals surface area contributed by atoms with Crippen LogP contribution < -0.4 is 19.5 Å². The molecule has 7 nitrogen and oxygen atoms in total. The van der Waals surface area contributed by atoms with E-state index in [1.165, 1.54) is 4.57 Å². The number of carbonyl (C=O) groups excluding carboxylic acids is 1. The fourth-order valence-corrected chi connectivity index (χ4v) is 4.87. The van der Waals surface area contributed by atoms with E-state index in [2.05, 4.69) is 0 Å². The second-order valence-corrected chi connectivity index (χ2v) is 8.83. The predicted octanol–water partition coefficient (Wildman–Crippen LogP) is 2.31. The van der Waals surface area contributed by atoms with E-state index in [1.54, 1.807) is 53.4 Å². The van der Waals surface area contributed by atoms with Crippen molar-refractivity contribution in [3.63, 3.8) is 0 Å². The molecule has 1 saturated heterocycles. The lowest BCUT2D eigenvalue weighted by atomic mass is 10.2. The number of morpholine rings is 1. The van der Waals surface area contributed by atoms with Gasteiger partial charge in [0.1, 0.15) is 16.5 Å². The van der Waals surface area contributed by atoms with Gasteiger partial charge in [0.25, 0.3) is 11.5 Å². The lowest BCUT2D eigenvalue weighted by molar-refractivity contribution is -0.128. The van der Waals surface area contributed by atoms with E-state index >= 15 is 0 Å². The van der Waals surface area contributed by atoms with Crippen LogP contribution in [0, 0.1) is 11.3 Å². The van der Waals surface area contributed by atoms with Crippen LogP contribution in [0.25, 0.3) is 17.3 Å².